The van der Waals surface area contributed by atoms with Crippen molar-refractivity contribution in [1.29, 1.82) is 0 Å². The molecule has 0 spiro atoms. The lowest BCUT2D eigenvalue weighted by molar-refractivity contribution is 0.327. The second kappa shape index (κ2) is 6.55. The average molecular weight is 280 g/mol. The van der Waals surface area contributed by atoms with E-state index in [-0.39, 0.29) is 0 Å². The van der Waals surface area contributed by atoms with Crippen molar-refractivity contribution in [2.45, 2.75) is 19.0 Å². The molecule has 108 valence electrons. The van der Waals surface area contributed by atoms with Crippen LogP contribution in [0, 0.1) is 0 Å². The number of phenols is 1. The number of nitrogens with zero attached hydrogens (tertiary/aromatic N) is 2. The van der Waals surface area contributed by atoms with E-state index in [1.54, 1.807) is 12.3 Å². The lowest BCUT2D eigenvalue weighted by atomic mass is 10.2. The minimum Gasteiger partial charge on any atom is -0.507 e. The standard InChI is InChI=1S/C18H20N2O/c21-18-9-5-4-8-16(18)12-19-17-10-11-20(14-17)13-15-6-2-1-3-7-15/h1-9,12,17,21H,10-11,13-14H2/t17-/m1/s1. The molecule has 3 heteroatoms. The molecule has 3 nitrogen and oxygen atoms in total. The number of aromatic hydroxyl groups is 1. The van der Waals surface area contributed by atoms with E-state index in [0.717, 1.165) is 31.6 Å². The van der Waals surface area contributed by atoms with Gasteiger partial charge in [-0.2, -0.15) is 0 Å². The van der Waals surface area contributed by atoms with Gasteiger partial charge >= 0.3 is 0 Å². The van der Waals surface area contributed by atoms with E-state index in [0.29, 0.717) is 11.8 Å². The van der Waals surface area contributed by atoms with Crippen molar-refractivity contribution >= 4 is 6.21 Å². The van der Waals surface area contributed by atoms with Gasteiger partial charge in [0.2, 0.25) is 0 Å². The summed E-state index contributed by atoms with van der Waals surface area (Å²) < 4.78 is 0. The normalized spacial score (nSPS) is 19.3. The number of hydrogen-bond acceptors (Lipinski definition) is 3. The predicted octanol–water partition coefficient (Wildman–Crippen LogP) is 3.09. The van der Waals surface area contributed by atoms with Gasteiger partial charge in [-0.15, -0.1) is 0 Å². The van der Waals surface area contributed by atoms with Gasteiger partial charge in [0.15, 0.2) is 0 Å². The Labute approximate surface area is 125 Å². The van der Waals surface area contributed by atoms with Crippen LogP contribution in [0.4, 0.5) is 0 Å². The third kappa shape index (κ3) is 3.70. The topological polar surface area (TPSA) is 35.8 Å². The highest BCUT2D eigenvalue weighted by atomic mass is 16.3. The van der Waals surface area contributed by atoms with E-state index in [2.05, 4.69) is 34.2 Å². The number of rotatable bonds is 4. The van der Waals surface area contributed by atoms with E-state index < -0.39 is 0 Å². The quantitative estimate of drug-likeness (QED) is 0.874. The number of likely N-dealkylation sites (tertiary alicyclic amines) is 1. The number of hydrogen-bond donors (Lipinski definition) is 1. The van der Waals surface area contributed by atoms with Gasteiger partial charge in [0.05, 0.1) is 6.04 Å². The maximum Gasteiger partial charge on any atom is 0.124 e. The Morgan fingerprint density at radius 2 is 1.86 bits per heavy atom. The first kappa shape index (κ1) is 13.8. The van der Waals surface area contributed by atoms with Crippen LogP contribution in [0.15, 0.2) is 59.6 Å². The SMILES string of the molecule is Oc1ccccc1C=N[C@@H]1CCN(Cc2ccccc2)C1. The van der Waals surface area contributed by atoms with Crippen LogP contribution in [-0.2, 0) is 6.54 Å². The second-order valence-electron chi connectivity index (χ2n) is 5.50. The fourth-order valence-electron chi connectivity index (χ4n) is 2.70. The minimum atomic E-state index is 0.292. The van der Waals surface area contributed by atoms with Crippen molar-refractivity contribution in [3.05, 3.63) is 65.7 Å². The van der Waals surface area contributed by atoms with Gasteiger partial charge < -0.3 is 5.11 Å². The molecule has 2 aromatic rings. The molecule has 0 bridgehead atoms. The Morgan fingerprint density at radius 3 is 2.67 bits per heavy atom. The van der Waals surface area contributed by atoms with Gasteiger partial charge in [-0.25, -0.2) is 0 Å². The summed E-state index contributed by atoms with van der Waals surface area (Å²) in [5, 5.41) is 9.73. The molecule has 1 fully saturated rings. The summed E-state index contributed by atoms with van der Waals surface area (Å²) in [6, 6.07) is 18.2. The summed E-state index contributed by atoms with van der Waals surface area (Å²) in [7, 11) is 0. The molecule has 0 amide bonds. The first-order chi connectivity index (χ1) is 10.3. The lowest BCUT2D eigenvalue weighted by Gasteiger charge is -2.14. The third-order valence-corrected chi connectivity index (χ3v) is 3.86. The van der Waals surface area contributed by atoms with Crippen LogP contribution in [0.25, 0.3) is 0 Å². The highest BCUT2D eigenvalue weighted by Gasteiger charge is 2.21. The Kier molecular flexibility index (Phi) is 4.31. The molecule has 1 saturated heterocycles. The summed E-state index contributed by atoms with van der Waals surface area (Å²) in [4.78, 5) is 7.05. The van der Waals surface area contributed by atoms with Gasteiger partial charge in [-0.1, -0.05) is 42.5 Å². The minimum absolute atomic E-state index is 0.292. The van der Waals surface area contributed by atoms with Crippen LogP contribution in [0.5, 0.6) is 5.75 Å². The lowest BCUT2D eigenvalue weighted by Crippen LogP contribution is -2.21. The molecule has 0 unspecified atom stereocenters. The monoisotopic (exact) mass is 280 g/mol. The van der Waals surface area contributed by atoms with Crippen LogP contribution < -0.4 is 0 Å². The molecule has 1 aliphatic rings. The molecule has 1 aliphatic heterocycles. The highest BCUT2D eigenvalue weighted by molar-refractivity contribution is 5.83. The molecule has 21 heavy (non-hydrogen) atoms. The fraction of sp³-hybridized carbons (Fsp3) is 0.278. The number of phenolic OH excluding ortho intramolecular Hbond substituents is 1. The average Bonchev–Trinajstić information content (AvgIpc) is 2.95. The largest absolute Gasteiger partial charge is 0.507 e. The molecule has 0 radical (unpaired) electrons. The zero-order chi connectivity index (χ0) is 14.5. The van der Waals surface area contributed by atoms with Gasteiger partial charge in [-0.05, 0) is 24.1 Å². The van der Waals surface area contributed by atoms with Crippen molar-refractivity contribution in [3.63, 3.8) is 0 Å². The fourth-order valence-corrected chi connectivity index (χ4v) is 2.70. The Bertz CT molecular complexity index is 610. The number of benzene rings is 2. The van der Waals surface area contributed by atoms with E-state index in [1.165, 1.54) is 5.56 Å². The van der Waals surface area contributed by atoms with Crippen LogP contribution in [-0.4, -0.2) is 35.4 Å². The zero-order valence-corrected chi connectivity index (χ0v) is 12.0. The Hall–Kier alpha value is -2.13. The van der Waals surface area contributed by atoms with E-state index in [4.69, 9.17) is 0 Å². The second-order valence-corrected chi connectivity index (χ2v) is 5.50. The zero-order valence-electron chi connectivity index (χ0n) is 12.0. The van der Waals surface area contributed by atoms with E-state index in [1.807, 2.05) is 24.3 Å². The maximum absolute atomic E-state index is 9.73. The third-order valence-electron chi connectivity index (χ3n) is 3.86. The molecule has 0 aromatic heterocycles. The maximum atomic E-state index is 9.73. The van der Waals surface area contributed by atoms with Gasteiger partial charge in [0, 0.05) is 31.4 Å². The molecule has 0 aliphatic carbocycles. The van der Waals surface area contributed by atoms with E-state index >= 15 is 0 Å². The molecule has 1 N–H and O–H groups in total. The van der Waals surface area contributed by atoms with Gasteiger partial charge in [0.1, 0.15) is 5.75 Å². The van der Waals surface area contributed by atoms with Gasteiger partial charge in [-0.3, -0.25) is 9.89 Å². The predicted molar refractivity (Wildman–Crippen MR) is 85.8 cm³/mol. The van der Waals surface area contributed by atoms with Crippen molar-refractivity contribution in [3.8, 4) is 5.75 Å². The molecular formula is C18H20N2O. The number of aliphatic imine (C=N–C) groups is 1. The van der Waals surface area contributed by atoms with Crippen molar-refractivity contribution < 1.29 is 5.11 Å². The van der Waals surface area contributed by atoms with Gasteiger partial charge in [0.25, 0.3) is 0 Å². The first-order valence-electron chi connectivity index (χ1n) is 7.39. The number of para-hydroxylation sites is 1. The van der Waals surface area contributed by atoms with Crippen LogP contribution in [0.1, 0.15) is 17.5 Å². The summed E-state index contributed by atoms with van der Waals surface area (Å²) >= 11 is 0. The summed E-state index contributed by atoms with van der Waals surface area (Å²) in [6.45, 7) is 3.06. The molecule has 0 saturated carbocycles. The summed E-state index contributed by atoms with van der Waals surface area (Å²) in [6.07, 6.45) is 2.88. The van der Waals surface area contributed by atoms with Crippen LogP contribution >= 0.6 is 0 Å². The van der Waals surface area contributed by atoms with Crippen LogP contribution in [0.3, 0.4) is 0 Å². The Morgan fingerprint density at radius 1 is 1.10 bits per heavy atom. The molecule has 1 heterocycles. The van der Waals surface area contributed by atoms with Crippen LogP contribution in [0.2, 0.25) is 0 Å². The Balaban J connectivity index is 1.56. The highest BCUT2D eigenvalue weighted by Crippen LogP contribution is 2.17. The van der Waals surface area contributed by atoms with Crippen molar-refractivity contribution in [1.82, 2.24) is 4.90 Å². The van der Waals surface area contributed by atoms with Crippen molar-refractivity contribution in [2.24, 2.45) is 4.99 Å². The first-order valence-corrected chi connectivity index (χ1v) is 7.39. The molecule has 2 aromatic carbocycles. The molecule has 1 atom stereocenters. The smallest absolute Gasteiger partial charge is 0.124 e. The molecule has 3 rings (SSSR count). The summed E-state index contributed by atoms with van der Waals surface area (Å²) in [5.41, 5.74) is 2.14. The summed E-state index contributed by atoms with van der Waals surface area (Å²) in [5.74, 6) is 0.292. The molecular weight excluding hydrogens is 260 g/mol. The van der Waals surface area contributed by atoms with E-state index in [9.17, 15) is 5.11 Å². The van der Waals surface area contributed by atoms with Crippen molar-refractivity contribution in [2.75, 3.05) is 13.1 Å².